The number of para-hydroxylation sites is 1. The fourth-order valence-electron chi connectivity index (χ4n) is 4.50. The van der Waals surface area contributed by atoms with Crippen LogP contribution < -0.4 is 4.90 Å². The van der Waals surface area contributed by atoms with Crippen molar-refractivity contribution < 1.29 is 9.18 Å². The van der Waals surface area contributed by atoms with E-state index in [2.05, 4.69) is 43.2 Å². The Bertz CT molecular complexity index is 1120. The van der Waals surface area contributed by atoms with E-state index in [0.29, 0.717) is 44.3 Å². The second-order valence-corrected chi connectivity index (χ2v) is 8.53. The predicted molar refractivity (Wildman–Crippen MR) is 125 cm³/mol. The van der Waals surface area contributed by atoms with Gasteiger partial charge in [0.15, 0.2) is 0 Å². The molecule has 5 heteroatoms. The number of benzene rings is 2. The molecule has 31 heavy (non-hydrogen) atoms. The van der Waals surface area contributed by atoms with Crippen LogP contribution in [0.15, 0.2) is 55.1 Å². The van der Waals surface area contributed by atoms with Crippen LogP contribution in [0.2, 0.25) is 0 Å². The van der Waals surface area contributed by atoms with Crippen molar-refractivity contribution in [3.63, 3.8) is 0 Å². The highest BCUT2D eigenvalue weighted by Crippen LogP contribution is 2.30. The van der Waals surface area contributed by atoms with Crippen molar-refractivity contribution in [3.05, 3.63) is 77.8 Å². The van der Waals surface area contributed by atoms with Crippen molar-refractivity contribution in [1.82, 2.24) is 9.47 Å². The van der Waals surface area contributed by atoms with Gasteiger partial charge >= 0.3 is 0 Å². The fourth-order valence-corrected chi connectivity index (χ4v) is 4.50. The van der Waals surface area contributed by atoms with Gasteiger partial charge < -0.3 is 14.4 Å². The molecule has 4 nitrogen and oxygen atoms in total. The summed E-state index contributed by atoms with van der Waals surface area (Å²) in [4.78, 5) is 17.5. The molecule has 0 saturated carbocycles. The molecular weight excluding hydrogens is 389 g/mol. The van der Waals surface area contributed by atoms with Gasteiger partial charge in [-0.2, -0.15) is 0 Å². The number of allylic oxidation sites excluding steroid dienone is 1. The smallest absolute Gasteiger partial charge is 0.270 e. The molecular formula is C26H30FN3O. The summed E-state index contributed by atoms with van der Waals surface area (Å²) in [7, 11) is 0. The number of hydrogen-bond donors (Lipinski definition) is 0. The first-order valence-electron chi connectivity index (χ1n) is 10.9. The average molecular weight is 420 g/mol. The third-order valence-corrected chi connectivity index (χ3v) is 6.28. The van der Waals surface area contributed by atoms with Gasteiger partial charge in [-0.1, -0.05) is 38.1 Å². The van der Waals surface area contributed by atoms with Crippen molar-refractivity contribution in [3.8, 4) is 0 Å². The number of amides is 1. The van der Waals surface area contributed by atoms with Gasteiger partial charge in [-0.3, -0.25) is 4.79 Å². The van der Waals surface area contributed by atoms with E-state index in [9.17, 15) is 9.18 Å². The Balaban J connectivity index is 1.63. The van der Waals surface area contributed by atoms with Gasteiger partial charge in [-0.05, 0) is 48.2 Å². The van der Waals surface area contributed by atoms with Crippen molar-refractivity contribution in [2.45, 2.75) is 33.2 Å². The summed E-state index contributed by atoms with van der Waals surface area (Å²) in [6, 6.07) is 13.3. The van der Waals surface area contributed by atoms with E-state index in [1.165, 1.54) is 11.6 Å². The van der Waals surface area contributed by atoms with Crippen molar-refractivity contribution >= 4 is 22.5 Å². The number of halogens is 1. The standard InChI is InChI=1S/C26H30FN3O/c1-5-12-30-23-11-10-20(18(2)3)17-21(23)19(4)25(30)26(31)29-15-13-28(14-16-29)24-9-7-6-8-22(24)27/h5-11,17-18H,1,12-16H2,2-4H3. The summed E-state index contributed by atoms with van der Waals surface area (Å²) in [5.74, 6) is 0.247. The molecule has 0 radical (unpaired) electrons. The second kappa shape index (κ2) is 8.58. The van der Waals surface area contributed by atoms with Crippen LogP contribution >= 0.6 is 0 Å². The Labute approximate surface area is 183 Å². The van der Waals surface area contributed by atoms with E-state index >= 15 is 0 Å². The molecule has 1 saturated heterocycles. The van der Waals surface area contributed by atoms with E-state index in [4.69, 9.17) is 0 Å². The number of aromatic nitrogens is 1. The highest BCUT2D eigenvalue weighted by molar-refractivity contribution is 6.02. The lowest BCUT2D eigenvalue weighted by Gasteiger charge is -2.36. The number of carbonyl (C=O) groups is 1. The molecule has 0 aliphatic carbocycles. The number of carbonyl (C=O) groups excluding carboxylic acids is 1. The molecule has 1 amide bonds. The molecule has 4 rings (SSSR count). The Morgan fingerprint density at radius 1 is 1.13 bits per heavy atom. The van der Waals surface area contributed by atoms with Crippen LogP contribution in [-0.2, 0) is 6.54 Å². The monoisotopic (exact) mass is 419 g/mol. The number of aryl methyl sites for hydroxylation is 1. The average Bonchev–Trinajstić information content (AvgIpc) is 3.05. The Morgan fingerprint density at radius 2 is 1.84 bits per heavy atom. The minimum absolute atomic E-state index is 0.0369. The van der Waals surface area contributed by atoms with Crippen LogP contribution in [0, 0.1) is 12.7 Å². The van der Waals surface area contributed by atoms with Crippen LogP contribution in [0.3, 0.4) is 0 Å². The lowest BCUT2D eigenvalue weighted by atomic mass is 10.0. The summed E-state index contributed by atoms with van der Waals surface area (Å²) in [5.41, 5.74) is 4.68. The van der Waals surface area contributed by atoms with Gasteiger partial charge in [0, 0.05) is 43.6 Å². The van der Waals surface area contributed by atoms with Crippen molar-refractivity contribution in [1.29, 1.82) is 0 Å². The van der Waals surface area contributed by atoms with E-state index < -0.39 is 0 Å². The minimum Gasteiger partial charge on any atom is -0.366 e. The predicted octanol–water partition coefficient (Wildman–Crippen LogP) is 5.36. The van der Waals surface area contributed by atoms with Crippen LogP contribution in [0.25, 0.3) is 10.9 Å². The Hall–Kier alpha value is -3.08. The van der Waals surface area contributed by atoms with Crippen LogP contribution in [0.5, 0.6) is 0 Å². The molecule has 2 heterocycles. The summed E-state index contributed by atoms with van der Waals surface area (Å²) in [6.07, 6.45) is 1.84. The summed E-state index contributed by atoms with van der Waals surface area (Å²) in [5, 5.41) is 1.13. The maximum absolute atomic E-state index is 14.2. The molecule has 1 aliphatic rings. The topological polar surface area (TPSA) is 28.5 Å². The largest absolute Gasteiger partial charge is 0.366 e. The highest BCUT2D eigenvalue weighted by Gasteiger charge is 2.28. The number of piperazine rings is 1. The number of hydrogen-bond acceptors (Lipinski definition) is 2. The first-order valence-corrected chi connectivity index (χ1v) is 10.9. The van der Waals surface area contributed by atoms with E-state index in [1.54, 1.807) is 12.1 Å². The van der Waals surface area contributed by atoms with Gasteiger partial charge in [0.05, 0.1) is 5.69 Å². The molecule has 1 aromatic heterocycles. The fraction of sp³-hybridized carbons (Fsp3) is 0.346. The van der Waals surface area contributed by atoms with Gasteiger partial charge in [-0.25, -0.2) is 4.39 Å². The van der Waals surface area contributed by atoms with E-state index in [0.717, 1.165) is 22.2 Å². The lowest BCUT2D eigenvalue weighted by Crippen LogP contribution is -2.49. The lowest BCUT2D eigenvalue weighted by molar-refractivity contribution is 0.0736. The quantitative estimate of drug-likeness (QED) is 0.521. The second-order valence-electron chi connectivity index (χ2n) is 8.53. The number of anilines is 1. The molecule has 2 aromatic carbocycles. The zero-order chi connectivity index (χ0) is 22.1. The Kier molecular flexibility index (Phi) is 5.86. The molecule has 1 fully saturated rings. The van der Waals surface area contributed by atoms with Crippen molar-refractivity contribution in [2.24, 2.45) is 0 Å². The van der Waals surface area contributed by atoms with E-state index in [1.807, 2.05) is 28.9 Å². The summed E-state index contributed by atoms with van der Waals surface area (Å²) < 4.78 is 16.2. The van der Waals surface area contributed by atoms with Gasteiger partial charge in [0.1, 0.15) is 11.5 Å². The van der Waals surface area contributed by atoms with Gasteiger partial charge in [0.25, 0.3) is 5.91 Å². The minimum atomic E-state index is -0.217. The maximum Gasteiger partial charge on any atom is 0.270 e. The molecule has 1 aliphatic heterocycles. The third-order valence-electron chi connectivity index (χ3n) is 6.28. The number of fused-ring (bicyclic) bond motifs is 1. The first kappa shape index (κ1) is 21.2. The van der Waals surface area contributed by atoms with Crippen LogP contribution in [0.4, 0.5) is 10.1 Å². The SMILES string of the molecule is C=CCn1c(C(=O)N2CCN(c3ccccc3F)CC2)c(C)c2cc(C(C)C)ccc21. The third kappa shape index (κ3) is 3.85. The van der Waals surface area contributed by atoms with Gasteiger partial charge in [-0.15, -0.1) is 6.58 Å². The molecule has 0 spiro atoms. The summed E-state index contributed by atoms with van der Waals surface area (Å²) >= 11 is 0. The highest BCUT2D eigenvalue weighted by atomic mass is 19.1. The normalized spacial score (nSPS) is 14.5. The first-order chi connectivity index (χ1) is 14.9. The Morgan fingerprint density at radius 3 is 2.48 bits per heavy atom. The number of nitrogens with zero attached hydrogens (tertiary/aromatic N) is 3. The molecule has 0 atom stereocenters. The summed E-state index contributed by atoms with van der Waals surface area (Å²) in [6.45, 7) is 13.2. The van der Waals surface area contributed by atoms with Crippen LogP contribution in [0.1, 0.15) is 41.4 Å². The molecule has 0 unspecified atom stereocenters. The molecule has 3 aromatic rings. The zero-order valence-corrected chi connectivity index (χ0v) is 18.6. The zero-order valence-electron chi connectivity index (χ0n) is 18.6. The number of rotatable bonds is 5. The molecule has 0 N–H and O–H groups in total. The van der Waals surface area contributed by atoms with Crippen molar-refractivity contribution in [2.75, 3.05) is 31.1 Å². The van der Waals surface area contributed by atoms with E-state index in [-0.39, 0.29) is 11.7 Å². The molecule has 162 valence electrons. The van der Waals surface area contributed by atoms with Gasteiger partial charge in [0.2, 0.25) is 0 Å². The van der Waals surface area contributed by atoms with Crippen LogP contribution in [-0.4, -0.2) is 41.6 Å². The maximum atomic E-state index is 14.2. The molecule has 0 bridgehead atoms.